The van der Waals surface area contributed by atoms with Crippen molar-refractivity contribution in [1.82, 2.24) is 4.90 Å². The van der Waals surface area contributed by atoms with Crippen molar-refractivity contribution in [2.45, 2.75) is 37.4 Å². The number of hydrogen-bond donors (Lipinski definition) is 1. The monoisotopic (exact) mass is 441 g/mol. The Kier molecular flexibility index (Phi) is 6.16. The van der Waals surface area contributed by atoms with E-state index in [1.54, 1.807) is 30.0 Å². The number of thioether (sulfide) groups is 1. The third kappa shape index (κ3) is 4.38. The Labute approximate surface area is 186 Å². The SMILES string of the molecule is COc1cc(-c2oc3ccc(CC(=O)N4C[C@@H](C)O[C@@H](C)C4)cc3c2SC)ccc1O. The molecule has 0 saturated carbocycles. The van der Waals surface area contributed by atoms with E-state index in [9.17, 15) is 9.90 Å². The zero-order valence-electron chi connectivity index (χ0n) is 18.2. The smallest absolute Gasteiger partial charge is 0.227 e. The number of furan rings is 1. The van der Waals surface area contributed by atoms with Gasteiger partial charge in [0, 0.05) is 24.0 Å². The lowest BCUT2D eigenvalue weighted by Gasteiger charge is -2.35. The van der Waals surface area contributed by atoms with Crippen molar-refractivity contribution in [1.29, 1.82) is 0 Å². The van der Waals surface area contributed by atoms with Gasteiger partial charge in [0.15, 0.2) is 11.5 Å². The van der Waals surface area contributed by atoms with Crippen molar-refractivity contribution in [3.63, 3.8) is 0 Å². The lowest BCUT2D eigenvalue weighted by molar-refractivity contribution is -0.142. The van der Waals surface area contributed by atoms with Crippen LogP contribution in [0.3, 0.4) is 0 Å². The van der Waals surface area contributed by atoms with Crippen molar-refractivity contribution < 1.29 is 23.8 Å². The molecule has 0 aliphatic carbocycles. The van der Waals surface area contributed by atoms with Crippen LogP contribution in [0.5, 0.6) is 11.5 Å². The van der Waals surface area contributed by atoms with Gasteiger partial charge in [-0.05, 0) is 56.0 Å². The first-order chi connectivity index (χ1) is 14.9. The van der Waals surface area contributed by atoms with Crippen LogP contribution < -0.4 is 4.74 Å². The highest BCUT2D eigenvalue weighted by atomic mass is 32.2. The van der Waals surface area contributed by atoms with Crippen molar-refractivity contribution in [3.8, 4) is 22.8 Å². The molecule has 2 atom stereocenters. The molecule has 6 nitrogen and oxygen atoms in total. The molecule has 31 heavy (non-hydrogen) atoms. The zero-order valence-corrected chi connectivity index (χ0v) is 19.0. The number of carbonyl (C=O) groups is 1. The molecule has 4 rings (SSSR count). The number of phenolic OH excluding ortho intramolecular Hbond substituents is 1. The molecular formula is C24H27NO5S. The molecule has 3 aromatic rings. The van der Waals surface area contributed by atoms with E-state index in [0.717, 1.165) is 32.8 Å². The van der Waals surface area contributed by atoms with E-state index in [1.807, 2.05) is 43.2 Å². The zero-order chi connectivity index (χ0) is 22.1. The number of phenols is 1. The average molecular weight is 442 g/mol. The highest BCUT2D eigenvalue weighted by Gasteiger charge is 2.26. The van der Waals surface area contributed by atoms with Crippen LogP contribution in [0.4, 0.5) is 0 Å². The molecule has 2 heterocycles. The summed E-state index contributed by atoms with van der Waals surface area (Å²) in [5.74, 6) is 1.31. The lowest BCUT2D eigenvalue weighted by Crippen LogP contribution is -2.48. The topological polar surface area (TPSA) is 72.1 Å². The lowest BCUT2D eigenvalue weighted by atomic mass is 10.1. The largest absolute Gasteiger partial charge is 0.504 e. The molecule has 164 valence electrons. The summed E-state index contributed by atoms with van der Waals surface area (Å²) in [5.41, 5.74) is 2.54. The Hall–Kier alpha value is -2.64. The summed E-state index contributed by atoms with van der Waals surface area (Å²) in [7, 11) is 1.52. The van der Waals surface area contributed by atoms with E-state index in [4.69, 9.17) is 13.9 Å². The number of aromatic hydroxyl groups is 1. The van der Waals surface area contributed by atoms with E-state index in [-0.39, 0.29) is 23.9 Å². The summed E-state index contributed by atoms with van der Waals surface area (Å²) in [6.07, 6.45) is 2.45. The standard InChI is InChI=1S/C24H27NO5S/c1-14-12-25(13-15(2)29-14)22(27)10-16-5-8-20-18(9-16)24(31-4)23(30-20)17-6-7-19(26)21(11-17)28-3/h5-9,11,14-15,26H,10,12-13H2,1-4H3/t14-,15+. The fourth-order valence-corrected chi connectivity index (χ4v) is 4.84. The number of fused-ring (bicyclic) bond motifs is 1. The maximum Gasteiger partial charge on any atom is 0.227 e. The van der Waals surface area contributed by atoms with Crippen molar-refractivity contribution in [2.24, 2.45) is 0 Å². The number of morpholine rings is 1. The second-order valence-electron chi connectivity index (χ2n) is 7.91. The number of ether oxygens (including phenoxy) is 2. The molecule has 2 aromatic carbocycles. The Morgan fingerprint density at radius 2 is 1.94 bits per heavy atom. The maximum atomic E-state index is 12.9. The summed E-state index contributed by atoms with van der Waals surface area (Å²) in [5, 5.41) is 10.9. The first-order valence-corrected chi connectivity index (χ1v) is 11.5. The van der Waals surface area contributed by atoms with Gasteiger partial charge in [0.25, 0.3) is 0 Å². The van der Waals surface area contributed by atoms with Gasteiger partial charge in [-0.3, -0.25) is 4.79 Å². The maximum absolute atomic E-state index is 12.9. The van der Waals surface area contributed by atoms with Gasteiger partial charge in [-0.1, -0.05) is 6.07 Å². The van der Waals surface area contributed by atoms with Gasteiger partial charge in [-0.2, -0.15) is 0 Å². The third-order valence-electron chi connectivity index (χ3n) is 5.48. The molecule has 1 saturated heterocycles. The highest BCUT2D eigenvalue weighted by molar-refractivity contribution is 7.99. The quantitative estimate of drug-likeness (QED) is 0.578. The highest BCUT2D eigenvalue weighted by Crippen LogP contribution is 2.42. The van der Waals surface area contributed by atoms with E-state index < -0.39 is 0 Å². The summed E-state index contributed by atoms with van der Waals surface area (Å²) >= 11 is 1.59. The van der Waals surface area contributed by atoms with Gasteiger partial charge in [0.05, 0.1) is 30.6 Å². The number of methoxy groups -OCH3 is 1. The van der Waals surface area contributed by atoms with Gasteiger partial charge in [-0.15, -0.1) is 11.8 Å². The van der Waals surface area contributed by atoms with E-state index >= 15 is 0 Å². The molecule has 0 unspecified atom stereocenters. The van der Waals surface area contributed by atoms with E-state index in [2.05, 4.69) is 0 Å². The number of carbonyl (C=O) groups excluding carboxylic acids is 1. The van der Waals surface area contributed by atoms with Gasteiger partial charge >= 0.3 is 0 Å². The number of hydrogen-bond acceptors (Lipinski definition) is 6. The minimum Gasteiger partial charge on any atom is -0.504 e. The molecule has 1 fully saturated rings. The Morgan fingerprint density at radius 3 is 2.61 bits per heavy atom. The minimum atomic E-state index is 0.0528. The first kappa shape index (κ1) is 21.6. The van der Waals surface area contributed by atoms with Crippen molar-refractivity contribution >= 4 is 28.6 Å². The van der Waals surface area contributed by atoms with Gasteiger partial charge < -0.3 is 23.9 Å². The predicted molar refractivity (Wildman–Crippen MR) is 122 cm³/mol. The Morgan fingerprint density at radius 1 is 1.19 bits per heavy atom. The van der Waals surface area contributed by atoms with Crippen molar-refractivity contribution in [3.05, 3.63) is 42.0 Å². The Balaban J connectivity index is 1.64. The second-order valence-corrected chi connectivity index (χ2v) is 8.73. The number of rotatable bonds is 5. The minimum absolute atomic E-state index is 0.0528. The summed E-state index contributed by atoms with van der Waals surface area (Å²) in [6.45, 7) is 5.25. The van der Waals surface area contributed by atoms with Crippen LogP contribution >= 0.6 is 11.8 Å². The van der Waals surface area contributed by atoms with Crippen LogP contribution in [0.2, 0.25) is 0 Å². The fraction of sp³-hybridized carbons (Fsp3) is 0.375. The molecule has 1 N–H and O–H groups in total. The summed E-state index contributed by atoms with van der Waals surface area (Å²) < 4.78 is 17.1. The summed E-state index contributed by atoms with van der Waals surface area (Å²) in [6, 6.07) is 11.1. The van der Waals surface area contributed by atoms with Crippen LogP contribution in [0.25, 0.3) is 22.3 Å². The normalized spacial score (nSPS) is 19.0. The first-order valence-electron chi connectivity index (χ1n) is 10.3. The molecule has 1 aromatic heterocycles. The van der Waals surface area contributed by atoms with Gasteiger partial charge in [0.2, 0.25) is 5.91 Å². The van der Waals surface area contributed by atoms with Crippen LogP contribution in [0.15, 0.2) is 45.7 Å². The molecule has 1 aliphatic rings. The molecule has 0 radical (unpaired) electrons. The van der Waals surface area contributed by atoms with E-state index in [0.29, 0.717) is 25.3 Å². The van der Waals surface area contributed by atoms with Gasteiger partial charge in [-0.25, -0.2) is 0 Å². The second kappa shape index (κ2) is 8.85. The number of nitrogens with zero attached hydrogens (tertiary/aromatic N) is 1. The van der Waals surface area contributed by atoms with Crippen LogP contribution in [-0.2, 0) is 16.0 Å². The predicted octanol–water partition coefficient (Wildman–Crippen LogP) is 4.71. The summed E-state index contributed by atoms with van der Waals surface area (Å²) in [4.78, 5) is 15.8. The van der Waals surface area contributed by atoms with Crippen LogP contribution in [-0.4, -0.2) is 54.6 Å². The fourth-order valence-electron chi connectivity index (χ4n) is 4.11. The molecule has 0 spiro atoms. The number of benzene rings is 2. The Bertz CT molecular complexity index is 1100. The van der Waals surface area contributed by atoms with Crippen molar-refractivity contribution in [2.75, 3.05) is 26.5 Å². The molecular weight excluding hydrogens is 414 g/mol. The third-order valence-corrected chi connectivity index (χ3v) is 6.29. The molecule has 0 bridgehead atoms. The molecule has 7 heteroatoms. The average Bonchev–Trinajstić information content (AvgIpc) is 3.11. The molecule has 1 amide bonds. The molecule has 1 aliphatic heterocycles. The van der Waals surface area contributed by atoms with E-state index in [1.165, 1.54) is 7.11 Å². The van der Waals surface area contributed by atoms with Crippen LogP contribution in [0.1, 0.15) is 19.4 Å². The number of amides is 1. The van der Waals surface area contributed by atoms with Gasteiger partial charge in [0.1, 0.15) is 11.3 Å². The van der Waals surface area contributed by atoms with Crippen LogP contribution in [0, 0.1) is 0 Å².